The van der Waals surface area contributed by atoms with Crippen LogP contribution in [0, 0.1) is 0 Å². The molecule has 1 atom stereocenters. The Kier molecular flexibility index (Phi) is 5.71. The van der Waals surface area contributed by atoms with Crippen LogP contribution in [0.5, 0.6) is 5.75 Å². The fraction of sp³-hybridized carbons (Fsp3) is 0.360. The van der Waals surface area contributed by atoms with Gasteiger partial charge in [0.15, 0.2) is 0 Å². The molecule has 6 nitrogen and oxygen atoms in total. The number of hydrogen-bond acceptors (Lipinski definition) is 4. The van der Waals surface area contributed by atoms with Crippen LogP contribution < -0.4 is 10.1 Å². The van der Waals surface area contributed by atoms with Crippen LogP contribution in [0.2, 0.25) is 0 Å². The molecule has 0 bridgehead atoms. The molecule has 2 aliphatic heterocycles. The van der Waals surface area contributed by atoms with Crippen LogP contribution in [-0.2, 0) is 17.7 Å². The molecule has 1 amide bonds. The van der Waals surface area contributed by atoms with Crippen molar-refractivity contribution >= 4 is 11.6 Å². The number of imidazole rings is 1. The second kappa shape index (κ2) is 8.94. The first-order chi connectivity index (χ1) is 15.3. The normalized spacial score (nSPS) is 17.9. The molecule has 1 fully saturated rings. The average molecular weight is 418 g/mol. The molecule has 2 aromatic carbocycles. The number of fused-ring (bicyclic) bond motifs is 1. The van der Waals surface area contributed by atoms with Crippen molar-refractivity contribution in [3.05, 3.63) is 66.0 Å². The van der Waals surface area contributed by atoms with Crippen LogP contribution in [0.15, 0.2) is 54.7 Å². The van der Waals surface area contributed by atoms with Gasteiger partial charge in [-0.3, -0.25) is 4.79 Å². The zero-order valence-electron chi connectivity index (χ0n) is 17.5. The van der Waals surface area contributed by atoms with Gasteiger partial charge in [-0.15, -0.1) is 0 Å². The van der Waals surface area contributed by atoms with Gasteiger partial charge in [0.1, 0.15) is 18.2 Å². The zero-order chi connectivity index (χ0) is 21.0. The van der Waals surface area contributed by atoms with Crippen LogP contribution in [-0.4, -0.2) is 34.8 Å². The molecule has 6 heteroatoms. The van der Waals surface area contributed by atoms with E-state index in [9.17, 15) is 4.79 Å². The Morgan fingerprint density at radius 1 is 1.13 bits per heavy atom. The van der Waals surface area contributed by atoms with Gasteiger partial charge < -0.3 is 19.4 Å². The predicted octanol–water partition coefficient (Wildman–Crippen LogP) is 4.70. The average Bonchev–Trinajstić information content (AvgIpc) is 3.48. The molecule has 1 saturated heterocycles. The Bertz CT molecular complexity index is 1050. The number of rotatable bonds is 6. The Labute approximate surface area is 182 Å². The van der Waals surface area contributed by atoms with Crippen LogP contribution >= 0.6 is 0 Å². The van der Waals surface area contributed by atoms with Gasteiger partial charge in [-0.2, -0.15) is 0 Å². The lowest BCUT2D eigenvalue weighted by Gasteiger charge is -2.17. The van der Waals surface area contributed by atoms with Crippen molar-refractivity contribution in [2.45, 2.75) is 44.8 Å². The Hall–Kier alpha value is -3.12. The van der Waals surface area contributed by atoms with E-state index in [1.807, 2.05) is 48.7 Å². The maximum absolute atomic E-state index is 12.9. The molecule has 2 aliphatic rings. The first-order valence-electron chi connectivity index (χ1n) is 11.1. The predicted molar refractivity (Wildman–Crippen MR) is 119 cm³/mol. The molecule has 0 spiro atoms. The van der Waals surface area contributed by atoms with E-state index in [4.69, 9.17) is 9.47 Å². The summed E-state index contributed by atoms with van der Waals surface area (Å²) in [5.41, 5.74) is 3.63. The van der Waals surface area contributed by atoms with Crippen molar-refractivity contribution in [3.63, 3.8) is 0 Å². The summed E-state index contributed by atoms with van der Waals surface area (Å²) < 4.78 is 13.8. The van der Waals surface area contributed by atoms with E-state index in [0.717, 1.165) is 49.5 Å². The third kappa shape index (κ3) is 4.35. The molecular weight excluding hydrogens is 390 g/mol. The summed E-state index contributed by atoms with van der Waals surface area (Å²) >= 11 is 0. The van der Waals surface area contributed by atoms with Crippen molar-refractivity contribution in [1.82, 2.24) is 9.55 Å². The molecule has 0 aliphatic carbocycles. The Balaban J connectivity index is 1.27. The van der Waals surface area contributed by atoms with E-state index in [0.29, 0.717) is 17.9 Å². The molecule has 0 saturated carbocycles. The number of benzene rings is 2. The van der Waals surface area contributed by atoms with Crippen molar-refractivity contribution < 1.29 is 14.3 Å². The fourth-order valence-corrected chi connectivity index (χ4v) is 4.31. The van der Waals surface area contributed by atoms with Crippen molar-refractivity contribution in [1.29, 1.82) is 0 Å². The highest BCUT2D eigenvalue weighted by Crippen LogP contribution is 2.26. The minimum absolute atomic E-state index is 0.108. The zero-order valence-corrected chi connectivity index (χ0v) is 17.5. The van der Waals surface area contributed by atoms with Crippen molar-refractivity contribution in [3.8, 4) is 17.1 Å². The van der Waals surface area contributed by atoms with Crippen molar-refractivity contribution in [2.24, 2.45) is 0 Å². The lowest BCUT2D eigenvalue weighted by molar-refractivity contribution is 0.0673. The number of carbonyl (C=O) groups excluding carboxylic acids is 1. The van der Waals surface area contributed by atoms with Crippen LogP contribution in [0.4, 0.5) is 5.69 Å². The number of nitrogens with one attached hydrogen (secondary N) is 1. The number of amides is 1. The van der Waals surface area contributed by atoms with Gasteiger partial charge in [-0.05, 0) is 68.5 Å². The molecule has 3 aromatic rings. The third-order valence-corrected chi connectivity index (χ3v) is 5.98. The lowest BCUT2D eigenvalue weighted by atomic mass is 10.1. The Morgan fingerprint density at radius 3 is 2.84 bits per heavy atom. The van der Waals surface area contributed by atoms with Gasteiger partial charge in [-0.25, -0.2) is 4.98 Å². The van der Waals surface area contributed by atoms with Gasteiger partial charge >= 0.3 is 0 Å². The largest absolute Gasteiger partial charge is 0.490 e. The summed E-state index contributed by atoms with van der Waals surface area (Å²) in [7, 11) is 0. The molecule has 3 heterocycles. The molecule has 160 valence electrons. The number of para-hydroxylation sites is 1. The summed E-state index contributed by atoms with van der Waals surface area (Å²) in [6.45, 7) is 2.27. The molecule has 5 rings (SSSR count). The number of hydrogen-bond donors (Lipinski definition) is 1. The number of aromatic nitrogens is 2. The van der Waals surface area contributed by atoms with E-state index in [1.54, 1.807) is 6.07 Å². The van der Waals surface area contributed by atoms with E-state index in [2.05, 4.69) is 14.9 Å². The summed E-state index contributed by atoms with van der Waals surface area (Å²) in [5.74, 6) is 1.39. The SMILES string of the molecule is O=C(Nc1ccc(-c2ncc3n2CCCC3)cc1)c1ccccc1OCC1CCCO1. The first-order valence-corrected chi connectivity index (χ1v) is 11.1. The minimum Gasteiger partial charge on any atom is -0.490 e. The highest BCUT2D eigenvalue weighted by atomic mass is 16.5. The van der Waals surface area contributed by atoms with E-state index < -0.39 is 0 Å². The van der Waals surface area contributed by atoms with Gasteiger partial charge in [0.2, 0.25) is 0 Å². The maximum Gasteiger partial charge on any atom is 0.259 e. The van der Waals surface area contributed by atoms with E-state index in [-0.39, 0.29) is 12.0 Å². The van der Waals surface area contributed by atoms with Crippen LogP contribution in [0.3, 0.4) is 0 Å². The molecule has 1 unspecified atom stereocenters. The lowest BCUT2D eigenvalue weighted by Crippen LogP contribution is -2.19. The number of nitrogens with zero attached hydrogens (tertiary/aromatic N) is 2. The molecule has 1 N–H and O–H groups in total. The molecule has 31 heavy (non-hydrogen) atoms. The summed E-state index contributed by atoms with van der Waals surface area (Å²) in [5, 5.41) is 2.98. The first kappa shape index (κ1) is 19.8. The van der Waals surface area contributed by atoms with Gasteiger partial charge in [0.25, 0.3) is 5.91 Å². The van der Waals surface area contributed by atoms with Crippen molar-refractivity contribution in [2.75, 3.05) is 18.5 Å². The second-order valence-corrected chi connectivity index (χ2v) is 8.16. The third-order valence-electron chi connectivity index (χ3n) is 5.98. The highest BCUT2D eigenvalue weighted by molar-refractivity contribution is 6.06. The number of aryl methyl sites for hydroxylation is 1. The number of ether oxygens (including phenoxy) is 2. The maximum atomic E-state index is 12.9. The van der Waals surface area contributed by atoms with Gasteiger partial charge in [-0.1, -0.05) is 12.1 Å². The van der Waals surface area contributed by atoms with E-state index in [1.165, 1.54) is 18.5 Å². The summed E-state index contributed by atoms with van der Waals surface area (Å²) in [6.07, 6.45) is 7.67. The summed E-state index contributed by atoms with van der Waals surface area (Å²) in [6, 6.07) is 15.2. The quantitative estimate of drug-likeness (QED) is 0.632. The number of carbonyl (C=O) groups is 1. The topological polar surface area (TPSA) is 65.4 Å². The highest BCUT2D eigenvalue weighted by Gasteiger charge is 2.19. The van der Waals surface area contributed by atoms with Crippen LogP contribution in [0.25, 0.3) is 11.4 Å². The summed E-state index contributed by atoms with van der Waals surface area (Å²) in [4.78, 5) is 17.5. The minimum atomic E-state index is -0.186. The smallest absolute Gasteiger partial charge is 0.259 e. The molecule has 1 aromatic heterocycles. The molecule has 0 radical (unpaired) electrons. The fourth-order valence-electron chi connectivity index (χ4n) is 4.31. The Morgan fingerprint density at radius 2 is 2.00 bits per heavy atom. The van der Waals surface area contributed by atoms with Crippen LogP contribution in [0.1, 0.15) is 41.7 Å². The number of anilines is 1. The van der Waals surface area contributed by atoms with Gasteiger partial charge in [0, 0.05) is 36.3 Å². The molecular formula is C25H27N3O3. The second-order valence-electron chi connectivity index (χ2n) is 8.16. The van der Waals surface area contributed by atoms with E-state index >= 15 is 0 Å². The monoisotopic (exact) mass is 417 g/mol. The standard InChI is InChI=1S/C25H27N3O3/c29-25(22-8-1-2-9-23(22)31-17-21-7-5-15-30-21)27-19-12-10-18(11-13-19)24-26-16-20-6-3-4-14-28(20)24/h1-2,8-13,16,21H,3-7,14-15,17H2,(H,27,29). The van der Waals surface area contributed by atoms with Gasteiger partial charge in [0.05, 0.1) is 11.7 Å².